The van der Waals surface area contributed by atoms with Crippen LogP contribution in [0.15, 0.2) is 12.7 Å². The van der Waals surface area contributed by atoms with E-state index < -0.39 is 8.32 Å². The van der Waals surface area contributed by atoms with E-state index in [2.05, 4.69) is 26.6 Å². The van der Waals surface area contributed by atoms with Crippen molar-refractivity contribution in [1.82, 2.24) is 0 Å². The van der Waals surface area contributed by atoms with Crippen LogP contribution in [0.4, 0.5) is 0 Å². The molecule has 0 aliphatic carbocycles. The van der Waals surface area contributed by atoms with Gasteiger partial charge in [0.15, 0.2) is 0 Å². The second-order valence-corrected chi connectivity index (χ2v) is 7.71. The second-order valence-electron chi connectivity index (χ2n) is 3.49. The first kappa shape index (κ1) is 11.4. The molecule has 0 amide bonds. The molecule has 0 aromatic rings. The van der Waals surface area contributed by atoms with E-state index in [1.807, 2.05) is 0 Å². The minimum absolute atomic E-state index is 0.275. The molecule has 0 aliphatic heterocycles. The molecule has 0 bridgehead atoms. The molecule has 0 aromatic heterocycles. The summed E-state index contributed by atoms with van der Waals surface area (Å²) in [5, 5.41) is 0. The highest BCUT2D eigenvalue weighted by atomic mass is 28.4. The van der Waals surface area contributed by atoms with Gasteiger partial charge in [-0.3, -0.25) is 0 Å². The predicted octanol–water partition coefficient (Wildman–Crippen LogP) is 2.72. The summed E-state index contributed by atoms with van der Waals surface area (Å²) in [5.74, 6) is -0.275. The van der Waals surface area contributed by atoms with Crippen molar-refractivity contribution in [2.45, 2.75) is 38.9 Å². The van der Waals surface area contributed by atoms with Crippen LogP contribution in [0.1, 0.15) is 19.8 Å². The van der Waals surface area contributed by atoms with Crippen molar-refractivity contribution in [3.05, 3.63) is 12.7 Å². The van der Waals surface area contributed by atoms with Gasteiger partial charge in [-0.1, -0.05) is 26.3 Å². The summed E-state index contributed by atoms with van der Waals surface area (Å²) in [7, 11) is -1.73. The van der Waals surface area contributed by atoms with Crippen LogP contribution >= 0.6 is 0 Å². The Labute approximate surface area is 75.7 Å². The molecule has 0 spiro atoms. The smallest absolute Gasteiger partial charge is 0.316 e. The topological polar surface area (TPSA) is 26.3 Å². The highest BCUT2D eigenvalue weighted by Crippen LogP contribution is 2.15. The molecule has 2 nitrogen and oxygen atoms in total. The Hall–Kier alpha value is -0.573. The van der Waals surface area contributed by atoms with Crippen molar-refractivity contribution in [3.8, 4) is 0 Å². The lowest BCUT2D eigenvalue weighted by Gasteiger charge is -2.21. The highest BCUT2D eigenvalue weighted by Gasteiger charge is 2.24. The van der Waals surface area contributed by atoms with E-state index in [-0.39, 0.29) is 5.97 Å². The lowest BCUT2D eigenvalue weighted by molar-refractivity contribution is -0.129. The molecule has 0 N–H and O–H groups in total. The Kier molecular flexibility index (Phi) is 4.89. The Morgan fingerprint density at radius 3 is 2.58 bits per heavy atom. The van der Waals surface area contributed by atoms with Gasteiger partial charge in [0.1, 0.15) is 0 Å². The molecule has 0 unspecified atom stereocenters. The van der Waals surface area contributed by atoms with Crippen LogP contribution in [0.3, 0.4) is 0 Å². The third-order valence-electron chi connectivity index (χ3n) is 1.68. The molecule has 0 atom stereocenters. The van der Waals surface area contributed by atoms with Crippen LogP contribution in [-0.4, -0.2) is 14.3 Å². The molecule has 0 fully saturated rings. The van der Waals surface area contributed by atoms with Crippen molar-refractivity contribution in [1.29, 1.82) is 0 Å². The Balaban J connectivity index is 3.85. The van der Waals surface area contributed by atoms with Crippen LogP contribution in [0, 0.1) is 0 Å². The fourth-order valence-electron chi connectivity index (χ4n) is 0.968. The number of unbranched alkanes of at least 4 members (excludes halogenated alkanes) is 1. The van der Waals surface area contributed by atoms with E-state index >= 15 is 0 Å². The molecular weight excluding hydrogens is 168 g/mol. The van der Waals surface area contributed by atoms with E-state index in [1.54, 1.807) is 0 Å². The van der Waals surface area contributed by atoms with Crippen molar-refractivity contribution in [2.75, 3.05) is 0 Å². The van der Waals surface area contributed by atoms with Crippen LogP contribution < -0.4 is 0 Å². The van der Waals surface area contributed by atoms with E-state index in [1.165, 1.54) is 6.08 Å². The summed E-state index contributed by atoms with van der Waals surface area (Å²) in [5.41, 5.74) is 0. The average molecular weight is 186 g/mol. The first-order valence-electron chi connectivity index (χ1n) is 4.37. The first-order valence-corrected chi connectivity index (χ1v) is 7.49. The zero-order valence-electron chi connectivity index (χ0n) is 8.22. The predicted molar refractivity (Wildman–Crippen MR) is 53.5 cm³/mol. The molecule has 0 rings (SSSR count). The van der Waals surface area contributed by atoms with Gasteiger partial charge in [-0.25, -0.2) is 4.79 Å². The Bertz CT molecular complexity index is 164. The maximum atomic E-state index is 10.9. The normalized spacial score (nSPS) is 10.9. The maximum absolute atomic E-state index is 10.9. The first-order chi connectivity index (χ1) is 5.52. The molecule has 0 aromatic carbocycles. The number of carbonyl (C=O) groups excluding carboxylic acids is 1. The fraction of sp³-hybridized carbons (Fsp3) is 0.667. The van der Waals surface area contributed by atoms with Gasteiger partial charge in [-0.15, -0.1) is 0 Å². The SMILES string of the molecule is C=CC(=O)O[Si](C)(C)CCCC. The van der Waals surface area contributed by atoms with E-state index in [0.717, 1.165) is 18.9 Å². The third kappa shape index (κ3) is 5.13. The molecule has 0 heterocycles. The van der Waals surface area contributed by atoms with Crippen LogP contribution in [0.25, 0.3) is 0 Å². The van der Waals surface area contributed by atoms with E-state index in [0.29, 0.717) is 0 Å². The van der Waals surface area contributed by atoms with E-state index in [4.69, 9.17) is 4.43 Å². The standard InChI is InChI=1S/C9H18O2Si/c1-5-7-8-12(3,4)11-9(10)6-2/h6H,2,5,7-8H2,1,3-4H3. The van der Waals surface area contributed by atoms with Gasteiger partial charge in [0.25, 0.3) is 0 Å². The summed E-state index contributed by atoms with van der Waals surface area (Å²) >= 11 is 0. The lowest BCUT2D eigenvalue weighted by Crippen LogP contribution is -2.32. The molecule has 70 valence electrons. The van der Waals surface area contributed by atoms with Crippen molar-refractivity contribution >= 4 is 14.3 Å². The molecule has 0 saturated carbocycles. The van der Waals surface area contributed by atoms with Gasteiger partial charge < -0.3 is 4.43 Å². The average Bonchev–Trinajstić information content (AvgIpc) is 2.00. The van der Waals surface area contributed by atoms with Gasteiger partial charge in [0, 0.05) is 6.08 Å². The summed E-state index contributed by atoms with van der Waals surface area (Å²) < 4.78 is 5.27. The molecule has 0 radical (unpaired) electrons. The second kappa shape index (κ2) is 5.14. The number of hydrogen-bond acceptors (Lipinski definition) is 2. The lowest BCUT2D eigenvalue weighted by atomic mass is 10.4. The highest BCUT2D eigenvalue weighted by molar-refractivity contribution is 6.72. The largest absolute Gasteiger partial charge is 0.517 e. The summed E-state index contributed by atoms with van der Waals surface area (Å²) in [6, 6.07) is 1.04. The van der Waals surface area contributed by atoms with Crippen molar-refractivity contribution in [2.24, 2.45) is 0 Å². The molecule has 12 heavy (non-hydrogen) atoms. The molecular formula is C9H18O2Si. The monoisotopic (exact) mass is 186 g/mol. The fourth-order valence-corrected chi connectivity index (χ4v) is 2.90. The van der Waals surface area contributed by atoms with E-state index in [9.17, 15) is 4.79 Å². The molecule has 0 saturated heterocycles. The molecule has 0 aliphatic rings. The van der Waals surface area contributed by atoms with Gasteiger partial charge in [-0.2, -0.15) is 0 Å². The third-order valence-corrected chi connectivity index (χ3v) is 3.99. The van der Waals surface area contributed by atoms with Gasteiger partial charge in [0.2, 0.25) is 8.32 Å². The quantitative estimate of drug-likeness (QED) is 0.487. The minimum atomic E-state index is -1.73. The number of rotatable bonds is 5. The van der Waals surface area contributed by atoms with Crippen LogP contribution in [0.2, 0.25) is 19.1 Å². The Morgan fingerprint density at radius 1 is 1.58 bits per heavy atom. The van der Waals surface area contributed by atoms with Gasteiger partial charge in [0.05, 0.1) is 0 Å². The summed E-state index contributed by atoms with van der Waals surface area (Å²) in [6.45, 7) is 9.63. The summed E-state index contributed by atoms with van der Waals surface area (Å²) in [4.78, 5) is 10.9. The van der Waals surface area contributed by atoms with Crippen molar-refractivity contribution < 1.29 is 9.22 Å². The van der Waals surface area contributed by atoms with Gasteiger partial charge >= 0.3 is 5.97 Å². The number of hydrogen-bond donors (Lipinski definition) is 0. The zero-order valence-corrected chi connectivity index (χ0v) is 9.22. The van der Waals surface area contributed by atoms with Crippen LogP contribution in [0.5, 0.6) is 0 Å². The zero-order chi connectivity index (χ0) is 9.61. The number of carbonyl (C=O) groups is 1. The van der Waals surface area contributed by atoms with Crippen molar-refractivity contribution in [3.63, 3.8) is 0 Å². The summed E-state index contributed by atoms with van der Waals surface area (Å²) in [6.07, 6.45) is 3.53. The van der Waals surface area contributed by atoms with Crippen LogP contribution in [-0.2, 0) is 9.22 Å². The Morgan fingerprint density at radius 2 is 2.17 bits per heavy atom. The minimum Gasteiger partial charge on any atom is -0.517 e. The molecule has 3 heteroatoms. The van der Waals surface area contributed by atoms with Gasteiger partial charge in [-0.05, 0) is 19.1 Å². The maximum Gasteiger partial charge on any atom is 0.316 e.